The van der Waals surface area contributed by atoms with Crippen molar-refractivity contribution in [1.82, 2.24) is 0 Å². The second-order valence-corrected chi connectivity index (χ2v) is 2.36. The van der Waals surface area contributed by atoms with Gasteiger partial charge in [-0.2, -0.15) is 0 Å². The zero-order valence-electron chi connectivity index (χ0n) is 4.40. The molecule has 11 heteroatoms. The van der Waals surface area contributed by atoms with Gasteiger partial charge in [0.25, 0.3) is 21.0 Å². The molecule has 0 aliphatic carbocycles. The summed E-state index contributed by atoms with van der Waals surface area (Å²) in [5, 5.41) is 0. The van der Waals surface area contributed by atoms with Crippen molar-refractivity contribution in [2.45, 2.75) is 0 Å². The van der Waals surface area contributed by atoms with Crippen LogP contribution in [0.2, 0.25) is 0 Å². The molecule has 0 aromatic rings. The van der Waals surface area contributed by atoms with E-state index < -0.39 is 21.0 Å². The topological polar surface area (TPSA) is 114 Å². The van der Waals surface area contributed by atoms with E-state index in [0.29, 0.717) is 0 Å². The van der Waals surface area contributed by atoms with Crippen LogP contribution in [0.3, 0.4) is 0 Å². The van der Waals surface area contributed by atoms with Gasteiger partial charge < -0.3 is 9.11 Å². The molecule has 0 aliphatic rings. The Balaban J connectivity index is -0.000000107. The van der Waals surface area contributed by atoms with E-state index >= 15 is 0 Å². The van der Waals surface area contributed by atoms with E-state index in [1.54, 1.807) is 0 Å². The molecule has 0 fully saturated rings. The molecule has 69 valence electrons. The molecule has 11 heavy (non-hydrogen) atoms. The van der Waals surface area contributed by atoms with Crippen LogP contribution in [0.15, 0.2) is 0 Å². The van der Waals surface area contributed by atoms with E-state index in [9.17, 15) is 7.77 Å². The molecule has 0 saturated heterocycles. The van der Waals surface area contributed by atoms with Gasteiger partial charge in [-0.1, -0.05) is 0 Å². The molecule has 0 amide bonds. The normalized spacial score (nSPS) is 10.5. The Hall–Kier alpha value is 0.199. The Labute approximate surface area is 72.2 Å². The van der Waals surface area contributed by atoms with E-state index in [0.717, 1.165) is 0 Å². The summed E-state index contributed by atoms with van der Waals surface area (Å²) in [6.45, 7) is 0. The van der Waals surface area contributed by atoms with E-state index in [1.807, 2.05) is 0 Å². The molecule has 1 radical (unpaired) electrons. The minimum atomic E-state index is -5.42. The Bertz CT molecular complexity index is 215. The molecule has 0 N–H and O–H groups in total. The van der Waals surface area contributed by atoms with Crippen LogP contribution >= 0.6 is 0 Å². The van der Waals surface area contributed by atoms with Gasteiger partial charge in [-0.3, -0.25) is 0 Å². The summed E-state index contributed by atoms with van der Waals surface area (Å²) < 4.78 is 70.7. The average Bonchev–Trinajstić information content (AvgIpc) is 1.12. The number of hydrogen-bond acceptors (Lipinski definition) is 6. The first-order valence-corrected chi connectivity index (χ1v) is 3.93. The Morgan fingerprint density at radius 3 is 0.818 bits per heavy atom. The van der Waals surface area contributed by atoms with Crippen molar-refractivity contribution < 1.29 is 50.8 Å². The molecule has 0 atom stereocenters. The third-order valence-electron chi connectivity index (χ3n) is 0. The summed E-state index contributed by atoms with van der Waals surface area (Å²) in [5.41, 5.74) is 0. The predicted molar refractivity (Wildman–Crippen MR) is 21.6 cm³/mol. The average molecular weight is 253 g/mol. The van der Waals surface area contributed by atoms with Gasteiger partial charge in [0.1, 0.15) is 0 Å². The van der Waals surface area contributed by atoms with Gasteiger partial charge in [0.2, 0.25) is 0 Å². The summed E-state index contributed by atoms with van der Waals surface area (Å²) in [6, 6.07) is 0. The molecule has 0 bridgehead atoms. The van der Waals surface area contributed by atoms with E-state index in [4.69, 9.17) is 25.9 Å². The van der Waals surface area contributed by atoms with Crippen LogP contribution in [-0.2, 0) is 38.1 Å². The van der Waals surface area contributed by atoms with Crippen molar-refractivity contribution in [3.05, 3.63) is 0 Å². The summed E-state index contributed by atoms with van der Waals surface area (Å²) in [5.74, 6) is 0. The van der Waals surface area contributed by atoms with Crippen molar-refractivity contribution in [2.24, 2.45) is 0 Å². The third-order valence-corrected chi connectivity index (χ3v) is 0. The first kappa shape index (κ1) is 17.3. The molecule has 0 unspecified atom stereocenters. The van der Waals surface area contributed by atoms with Gasteiger partial charge >= 0.3 is 17.1 Å². The van der Waals surface area contributed by atoms with Crippen LogP contribution in [0.25, 0.3) is 0 Å². The smallest absolute Gasteiger partial charge is 0.722 e. The second-order valence-electron chi connectivity index (χ2n) is 0.786. The maximum atomic E-state index is 10.1. The number of hydrogen-bond donors (Lipinski definition) is 0. The molecular weight excluding hydrogens is 253 g/mol. The van der Waals surface area contributed by atoms with Crippen LogP contribution in [0, 0.1) is 0 Å². The van der Waals surface area contributed by atoms with Crippen LogP contribution in [0.4, 0.5) is 7.77 Å². The van der Waals surface area contributed by atoms with Gasteiger partial charge in [0.15, 0.2) is 0 Å². The fourth-order valence-corrected chi connectivity index (χ4v) is 0. The minimum absolute atomic E-state index is 0. The molecular formula is F2MnO6S2. The summed E-state index contributed by atoms with van der Waals surface area (Å²) in [7, 11) is -10.8. The molecule has 0 spiro atoms. The van der Waals surface area contributed by atoms with Crippen molar-refractivity contribution in [2.75, 3.05) is 0 Å². The SMILES string of the molecule is O=S(=O)([O-])F.O=S(=O)([O-])F.[Mn+2]. The first-order chi connectivity index (χ1) is 4.00. The molecule has 0 aromatic carbocycles. The fourth-order valence-electron chi connectivity index (χ4n) is 0. The van der Waals surface area contributed by atoms with Gasteiger partial charge in [-0.25, -0.2) is 16.8 Å². The van der Waals surface area contributed by atoms with E-state index in [-0.39, 0.29) is 17.1 Å². The van der Waals surface area contributed by atoms with Gasteiger partial charge in [-0.05, 0) is 0 Å². The fraction of sp³-hybridized carbons (Fsp3) is 0. The Morgan fingerprint density at radius 1 is 0.818 bits per heavy atom. The number of rotatable bonds is 0. The van der Waals surface area contributed by atoms with Crippen molar-refractivity contribution in [3.8, 4) is 0 Å². The zero-order chi connectivity index (χ0) is 9.00. The van der Waals surface area contributed by atoms with Crippen LogP contribution in [0.5, 0.6) is 0 Å². The third kappa shape index (κ3) is 17200. The first-order valence-electron chi connectivity index (χ1n) is 1.31. The predicted octanol–water partition coefficient (Wildman–Crippen LogP) is -1.17. The summed E-state index contributed by atoms with van der Waals surface area (Å²) in [4.78, 5) is 0. The van der Waals surface area contributed by atoms with Gasteiger partial charge in [-0.15, -0.1) is 7.77 Å². The largest absolute Gasteiger partial charge is 2.00 e. The van der Waals surface area contributed by atoms with Crippen molar-refractivity contribution in [3.63, 3.8) is 0 Å². The molecule has 6 nitrogen and oxygen atoms in total. The quantitative estimate of drug-likeness (QED) is 0.305. The van der Waals surface area contributed by atoms with E-state index in [2.05, 4.69) is 0 Å². The molecule has 0 aliphatic heterocycles. The maximum absolute atomic E-state index is 10.1. The Kier molecular flexibility index (Phi) is 9.14. The van der Waals surface area contributed by atoms with Gasteiger partial charge in [0, 0.05) is 0 Å². The number of halogens is 2. The molecule has 0 saturated carbocycles. The summed E-state index contributed by atoms with van der Waals surface area (Å²) >= 11 is 0. The van der Waals surface area contributed by atoms with E-state index in [1.165, 1.54) is 0 Å². The molecule has 0 heterocycles. The standard InChI is InChI=1S/2FHO3S.Mn/c2*1-5(2,3)4;/h2*(H,2,3,4);/q;;+2/p-2. The zero-order valence-corrected chi connectivity index (χ0v) is 7.21. The Morgan fingerprint density at radius 2 is 0.818 bits per heavy atom. The maximum Gasteiger partial charge on any atom is 2.00 e. The van der Waals surface area contributed by atoms with Crippen LogP contribution in [0.1, 0.15) is 0 Å². The van der Waals surface area contributed by atoms with Crippen LogP contribution in [-0.4, -0.2) is 25.9 Å². The van der Waals surface area contributed by atoms with Crippen LogP contribution < -0.4 is 0 Å². The monoisotopic (exact) mass is 253 g/mol. The summed E-state index contributed by atoms with van der Waals surface area (Å²) in [6.07, 6.45) is 0. The molecule has 0 rings (SSSR count). The minimum Gasteiger partial charge on any atom is -0.722 e. The second kappa shape index (κ2) is 5.80. The van der Waals surface area contributed by atoms with Crippen molar-refractivity contribution >= 4 is 21.0 Å². The molecule has 0 aromatic heterocycles. The van der Waals surface area contributed by atoms with Gasteiger partial charge in [0.05, 0.1) is 0 Å². The van der Waals surface area contributed by atoms with Crippen molar-refractivity contribution in [1.29, 1.82) is 0 Å².